The van der Waals surface area contributed by atoms with Crippen molar-refractivity contribution in [2.75, 3.05) is 57.8 Å². The molecule has 2 aromatic carbocycles. The zero-order valence-corrected chi connectivity index (χ0v) is 18.9. The molecule has 32 heavy (non-hydrogen) atoms. The molecule has 2 heterocycles. The van der Waals surface area contributed by atoms with Crippen LogP contribution in [0.2, 0.25) is 0 Å². The Hall–Kier alpha value is -2.80. The van der Waals surface area contributed by atoms with Gasteiger partial charge < -0.3 is 20.2 Å². The van der Waals surface area contributed by atoms with Crippen LogP contribution in [0, 0.1) is 11.7 Å². The first-order valence-electron chi connectivity index (χ1n) is 11.6. The standard InChI is InChI=1S/C25H34FN5O/c1-27-25(31-16-14-30(15-17-31)23-8-4-5-9-24(23)32)28-18-20-10-12-29(13-11-20)19-21-6-2-3-7-22(21)26/h2-9,20,32H,10-19H2,1H3,(H,27,28). The molecule has 2 saturated heterocycles. The monoisotopic (exact) mass is 439 g/mol. The van der Waals surface area contributed by atoms with Crippen molar-refractivity contribution in [2.45, 2.75) is 19.4 Å². The summed E-state index contributed by atoms with van der Waals surface area (Å²) in [5.41, 5.74) is 1.68. The summed E-state index contributed by atoms with van der Waals surface area (Å²) in [4.78, 5) is 11.4. The van der Waals surface area contributed by atoms with Crippen molar-refractivity contribution in [1.29, 1.82) is 0 Å². The van der Waals surface area contributed by atoms with Crippen molar-refractivity contribution in [3.05, 3.63) is 59.9 Å². The summed E-state index contributed by atoms with van der Waals surface area (Å²) in [5.74, 6) is 1.79. The Morgan fingerprint density at radius 2 is 1.69 bits per heavy atom. The third-order valence-corrected chi connectivity index (χ3v) is 6.62. The van der Waals surface area contributed by atoms with Crippen LogP contribution in [-0.2, 0) is 6.54 Å². The number of aromatic hydroxyl groups is 1. The molecule has 0 spiro atoms. The molecule has 2 fully saturated rings. The lowest BCUT2D eigenvalue weighted by atomic mass is 9.96. The van der Waals surface area contributed by atoms with Gasteiger partial charge in [0.1, 0.15) is 11.6 Å². The van der Waals surface area contributed by atoms with Gasteiger partial charge in [0.05, 0.1) is 5.69 Å². The molecule has 0 radical (unpaired) electrons. The first-order chi connectivity index (χ1) is 15.6. The van der Waals surface area contributed by atoms with Crippen LogP contribution < -0.4 is 10.2 Å². The van der Waals surface area contributed by atoms with Gasteiger partial charge in [-0.05, 0) is 50.0 Å². The van der Waals surface area contributed by atoms with Gasteiger partial charge in [0.25, 0.3) is 0 Å². The van der Waals surface area contributed by atoms with E-state index in [2.05, 4.69) is 25.0 Å². The molecule has 6 nitrogen and oxygen atoms in total. The molecule has 0 unspecified atom stereocenters. The lowest BCUT2D eigenvalue weighted by molar-refractivity contribution is 0.175. The zero-order valence-electron chi connectivity index (χ0n) is 18.9. The topological polar surface area (TPSA) is 54.3 Å². The SMILES string of the molecule is CN=C(NCC1CCN(Cc2ccccc2F)CC1)N1CCN(c2ccccc2O)CC1. The van der Waals surface area contributed by atoms with E-state index in [9.17, 15) is 9.50 Å². The molecule has 0 aliphatic carbocycles. The first-order valence-corrected chi connectivity index (χ1v) is 11.6. The van der Waals surface area contributed by atoms with E-state index in [1.54, 1.807) is 18.2 Å². The zero-order chi connectivity index (χ0) is 22.3. The largest absolute Gasteiger partial charge is 0.506 e. The third-order valence-electron chi connectivity index (χ3n) is 6.62. The molecule has 7 heteroatoms. The van der Waals surface area contributed by atoms with Crippen LogP contribution in [0.3, 0.4) is 0 Å². The number of rotatable bonds is 5. The number of nitrogens with zero attached hydrogens (tertiary/aromatic N) is 4. The number of anilines is 1. The van der Waals surface area contributed by atoms with Crippen LogP contribution in [0.5, 0.6) is 5.75 Å². The number of hydrogen-bond donors (Lipinski definition) is 2. The number of benzene rings is 2. The van der Waals surface area contributed by atoms with Crippen LogP contribution >= 0.6 is 0 Å². The number of nitrogens with one attached hydrogen (secondary N) is 1. The summed E-state index contributed by atoms with van der Waals surface area (Å²) >= 11 is 0. The van der Waals surface area contributed by atoms with Gasteiger partial charge in [-0.2, -0.15) is 0 Å². The van der Waals surface area contributed by atoms with Crippen molar-refractivity contribution in [2.24, 2.45) is 10.9 Å². The summed E-state index contributed by atoms with van der Waals surface area (Å²) < 4.78 is 13.9. The number of para-hydroxylation sites is 2. The molecular weight excluding hydrogens is 405 g/mol. The highest BCUT2D eigenvalue weighted by molar-refractivity contribution is 5.80. The number of likely N-dealkylation sites (tertiary alicyclic amines) is 1. The van der Waals surface area contributed by atoms with Gasteiger partial charge >= 0.3 is 0 Å². The highest BCUT2D eigenvalue weighted by Crippen LogP contribution is 2.27. The number of guanidine groups is 1. The predicted molar refractivity (Wildman–Crippen MR) is 128 cm³/mol. The van der Waals surface area contributed by atoms with E-state index in [4.69, 9.17) is 0 Å². The molecule has 0 bridgehead atoms. The Morgan fingerprint density at radius 3 is 2.38 bits per heavy atom. The molecule has 172 valence electrons. The molecule has 2 aromatic rings. The van der Waals surface area contributed by atoms with Crippen LogP contribution in [-0.4, -0.2) is 73.7 Å². The van der Waals surface area contributed by atoms with Crippen molar-refractivity contribution < 1.29 is 9.50 Å². The van der Waals surface area contributed by atoms with Crippen LogP contribution in [0.1, 0.15) is 18.4 Å². The van der Waals surface area contributed by atoms with Gasteiger partial charge in [-0.15, -0.1) is 0 Å². The number of piperazine rings is 1. The summed E-state index contributed by atoms with van der Waals surface area (Å²) in [6.45, 7) is 7.05. The fraction of sp³-hybridized carbons (Fsp3) is 0.480. The fourth-order valence-corrected chi connectivity index (χ4v) is 4.67. The van der Waals surface area contributed by atoms with Gasteiger partial charge in [-0.25, -0.2) is 4.39 Å². The number of halogens is 1. The second-order valence-electron chi connectivity index (χ2n) is 8.70. The molecule has 0 atom stereocenters. The van der Waals surface area contributed by atoms with Crippen LogP contribution in [0.25, 0.3) is 0 Å². The molecule has 2 aliphatic rings. The second-order valence-corrected chi connectivity index (χ2v) is 8.70. The van der Waals surface area contributed by atoms with Gasteiger partial charge in [0.15, 0.2) is 5.96 Å². The Labute approximate surface area is 190 Å². The minimum Gasteiger partial charge on any atom is -0.506 e. The van der Waals surface area contributed by atoms with Gasteiger partial charge in [0, 0.05) is 51.9 Å². The Kier molecular flexibility index (Phi) is 7.47. The summed E-state index contributed by atoms with van der Waals surface area (Å²) in [7, 11) is 1.84. The number of aliphatic imine (C=N–C) groups is 1. The minimum absolute atomic E-state index is 0.109. The van der Waals surface area contributed by atoms with E-state index in [0.717, 1.165) is 75.9 Å². The molecule has 2 aliphatic heterocycles. The maximum Gasteiger partial charge on any atom is 0.193 e. The van der Waals surface area contributed by atoms with Crippen molar-refractivity contribution >= 4 is 11.6 Å². The lowest BCUT2D eigenvalue weighted by Gasteiger charge is -2.38. The van der Waals surface area contributed by atoms with Gasteiger partial charge in [0.2, 0.25) is 0 Å². The van der Waals surface area contributed by atoms with E-state index in [0.29, 0.717) is 18.2 Å². The summed E-state index contributed by atoms with van der Waals surface area (Å²) in [6.07, 6.45) is 2.22. The van der Waals surface area contributed by atoms with E-state index >= 15 is 0 Å². The van der Waals surface area contributed by atoms with Crippen molar-refractivity contribution in [1.82, 2.24) is 15.1 Å². The third kappa shape index (κ3) is 5.51. The van der Waals surface area contributed by atoms with Crippen molar-refractivity contribution in [3.8, 4) is 5.75 Å². The maximum absolute atomic E-state index is 13.9. The maximum atomic E-state index is 13.9. The molecule has 2 N–H and O–H groups in total. The summed E-state index contributed by atoms with van der Waals surface area (Å²) in [5, 5.41) is 13.7. The fourth-order valence-electron chi connectivity index (χ4n) is 4.67. The van der Waals surface area contributed by atoms with Gasteiger partial charge in [-0.1, -0.05) is 30.3 Å². The normalized spacial score (nSPS) is 18.8. The Balaban J connectivity index is 1.20. The van der Waals surface area contributed by atoms with E-state index in [1.807, 2.05) is 37.4 Å². The van der Waals surface area contributed by atoms with E-state index in [-0.39, 0.29) is 5.82 Å². The second kappa shape index (κ2) is 10.7. The molecule has 0 aromatic heterocycles. The van der Waals surface area contributed by atoms with Crippen LogP contribution in [0.4, 0.5) is 10.1 Å². The highest BCUT2D eigenvalue weighted by Gasteiger charge is 2.23. The predicted octanol–water partition coefficient (Wildman–Crippen LogP) is 3.14. The summed E-state index contributed by atoms with van der Waals surface area (Å²) in [6, 6.07) is 14.6. The number of phenolic OH excluding ortho intramolecular Hbond substituents is 1. The first kappa shape index (κ1) is 22.4. The molecular formula is C25H34FN5O. The minimum atomic E-state index is -0.109. The molecule has 0 saturated carbocycles. The quantitative estimate of drug-likeness (QED) is 0.554. The van der Waals surface area contributed by atoms with Crippen molar-refractivity contribution in [3.63, 3.8) is 0 Å². The van der Waals surface area contributed by atoms with Crippen LogP contribution in [0.15, 0.2) is 53.5 Å². The van der Waals surface area contributed by atoms with E-state index < -0.39 is 0 Å². The average molecular weight is 440 g/mol. The van der Waals surface area contributed by atoms with E-state index in [1.165, 1.54) is 0 Å². The Bertz CT molecular complexity index is 905. The number of phenols is 1. The average Bonchev–Trinajstić information content (AvgIpc) is 2.83. The smallest absolute Gasteiger partial charge is 0.193 e. The van der Waals surface area contributed by atoms with Gasteiger partial charge in [-0.3, -0.25) is 9.89 Å². The molecule has 0 amide bonds. The lowest BCUT2D eigenvalue weighted by Crippen LogP contribution is -2.53. The number of piperidine rings is 1. The highest BCUT2D eigenvalue weighted by atomic mass is 19.1. The number of hydrogen-bond acceptors (Lipinski definition) is 4. The molecule has 4 rings (SSSR count). The Morgan fingerprint density at radius 1 is 1.00 bits per heavy atom.